The molecule has 0 aromatic heterocycles. The molecule has 0 atom stereocenters. The smallest absolute Gasteiger partial charge is 0.243 e. The van der Waals surface area contributed by atoms with E-state index in [4.69, 9.17) is 0 Å². The summed E-state index contributed by atoms with van der Waals surface area (Å²) in [6.07, 6.45) is 0. The molecular weight excluding hydrogens is 304 g/mol. The Balaban J connectivity index is 2.05. The molecule has 2 aromatic carbocycles. The highest BCUT2D eigenvalue weighted by molar-refractivity contribution is 5.96. The van der Waals surface area contributed by atoms with Crippen molar-refractivity contribution >= 4 is 28.9 Å². The SMILES string of the molecule is CC(=O)Nc1cc(F)c(F)cc1NCC(=O)Nc1ccccc1. The molecule has 23 heavy (non-hydrogen) atoms. The van der Waals surface area contributed by atoms with E-state index in [1.165, 1.54) is 6.92 Å². The van der Waals surface area contributed by atoms with Crippen LogP contribution >= 0.6 is 0 Å². The quantitative estimate of drug-likeness (QED) is 0.793. The molecule has 0 unspecified atom stereocenters. The first-order chi connectivity index (χ1) is 11.0. The van der Waals surface area contributed by atoms with Gasteiger partial charge in [-0.2, -0.15) is 0 Å². The number of rotatable bonds is 5. The Morgan fingerprint density at radius 2 is 1.57 bits per heavy atom. The lowest BCUT2D eigenvalue weighted by Gasteiger charge is -2.13. The Morgan fingerprint density at radius 1 is 0.957 bits per heavy atom. The van der Waals surface area contributed by atoms with Gasteiger partial charge in [0.15, 0.2) is 11.6 Å². The average Bonchev–Trinajstić information content (AvgIpc) is 2.50. The van der Waals surface area contributed by atoms with Crippen LogP contribution in [-0.4, -0.2) is 18.4 Å². The second kappa shape index (κ2) is 7.35. The number of benzene rings is 2. The van der Waals surface area contributed by atoms with Crippen molar-refractivity contribution in [1.82, 2.24) is 0 Å². The fraction of sp³-hybridized carbons (Fsp3) is 0.125. The van der Waals surface area contributed by atoms with Gasteiger partial charge in [-0.3, -0.25) is 9.59 Å². The summed E-state index contributed by atoms with van der Waals surface area (Å²) in [5, 5.41) is 7.69. The fourth-order valence-corrected chi connectivity index (χ4v) is 1.89. The van der Waals surface area contributed by atoms with Crippen molar-refractivity contribution in [3.63, 3.8) is 0 Å². The number of amides is 2. The van der Waals surface area contributed by atoms with E-state index in [0.29, 0.717) is 5.69 Å². The molecule has 3 N–H and O–H groups in total. The molecular formula is C16H15F2N3O2. The van der Waals surface area contributed by atoms with E-state index >= 15 is 0 Å². The van der Waals surface area contributed by atoms with Crippen molar-refractivity contribution in [2.24, 2.45) is 0 Å². The summed E-state index contributed by atoms with van der Waals surface area (Å²) < 4.78 is 26.6. The summed E-state index contributed by atoms with van der Waals surface area (Å²) in [7, 11) is 0. The fourth-order valence-electron chi connectivity index (χ4n) is 1.89. The minimum absolute atomic E-state index is 0.0592. The molecule has 0 aliphatic heterocycles. The van der Waals surface area contributed by atoms with Gasteiger partial charge in [-0.15, -0.1) is 0 Å². The highest BCUT2D eigenvalue weighted by atomic mass is 19.2. The molecule has 0 aliphatic carbocycles. The molecule has 0 saturated heterocycles. The molecule has 2 aromatic rings. The minimum atomic E-state index is -1.09. The molecule has 120 valence electrons. The average molecular weight is 319 g/mol. The second-order valence-corrected chi connectivity index (χ2v) is 4.76. The zero-order valence-electron chi connectivity index (χ0n) is 12.3. The summed E-state index contributed by atoms with van der Waals surface area (Å²) in [6.45, 7) is 1.07. The molecule has 2 amide bonds. The van der Waals surface area contributed by atoms with Crippen LogP contribution in [0.2, 0.25) is 0 Å². The molecule has 0 aliphatic rings. The lowest BCUT2D eigenvalue weighted by molar-refractivity contribution is -0.115. The van der Waals surface area contributed by atoms with Crippen LogP contribution in [0, 0.1) is 11.6 Å². The van der Waals surface area contributed by atoms with Gasteiger partial charge in [0.1, 0.15) is 0 Å². The third kappa shape index (κ3) is 4.77. The molecule has 0 bridgehead atoms. The van der Waals surface area contributed by atoms with Gasteiger partial charge in [-0.1, -0.05) is 18.2 Å². The Labute approximate surface area is 131 Å². The number of para-hydroxylation sites is 1. The first-order valence-corrected chi connectivity index (χ1v) is 6.81. The van der Waals surface area contributed by atoms with E-state index in [-0.39, 0.29) is 23.8 Å². The van der Waals surface area contributed by atoms with Gasteiger partial charge in [0, 0.05) is 24.7 Å². The monoisotopic (exact) mass is 319 g/mol. The summed E-state index contributed by atoms with van der Waals surface area (Å²) in [4.78, 5) is 22.9. The molecule has 0 spiro atoms. The Morgan fingerprint density at radius 3 is 2.17 bits per heavy atom. The van der Waals surface area contributed by atoms with Crippen LogP contribution in [0.15, 0.2) is 42.5 Å². The van der Waals surface area contributed by atoms with Crippen LogP contribution in [0.25, 0.3) is 0 Å². The van der Waals surface area contributed by atoms with Gasteiger partial charge >= 0.3 is 0 Å². The topological polar surface area (TPSA) is 70.2 Å². The number of hydrogen-bond acceptors (Lipinski definition) is 3. The van der Waals surface area contributed by atoms with Crippen molar-refractivity contribution in [2.75, 3.05) is 22.5 Å². The summed E-state index contributed by atoms with van der Waals surface area (Å²) >= 11 is 0. The van der Waals surface area contributed by atoms with Crippen LogP contribution in [0.3, 0.4) is 0 Å². The van der Waals surface area contributed by atoms with Gasteiger partial charge in [0.2, 0.25) is 11.8 Å². The zero-order valence-corrected chi connectivity index (χ0v) is 12.3. The maximum absolute atomic E-state index is 13.3. The lowest BCUT2D eigenvalue weighted by atomic mass is 10.2. The van der Waals surface area contributed by atoms with Crippen molar-refractivity contribution < 1.29 is 18.4 Å². The largest absolute Gasteiger partial charge is 0.374 e. The van der Waals surface area contributed by atoms with Gasteiger partial charge < -0.3 is 16.0 Å². The van der Waals surface area contributed by atoms with E-state index in [1.807, 2.05) is 6.07 Å². The predicted octanol–water partition coefficient (Wildman–Crippen LogP) is 2.97. The molecule has 0 heterocycles. The van der Waals surface area contributed by atoms with E-state index in [1.54, 1.807) is 24.3 Å². The van der Waals surface area contributed by atoms with E-state index in [2.05, 4.69) is 16.0 Å². The van der Waals surface area contributed by atoms with Crippen LogP contribution in [0.1, 0.15) is 6.92 Å². The first-order valence-electron chi connectivity index (χ1n) is 6.81. The third-order valence-corrected chi connectivity index (χ3v) is 2.87. The number of hydrogen-bond donors (Lipinski definition) is 3. The van der Waals surface area contributed by atoms with Crippen LogP contribution in [0.4, 0.5) is 25.8 Å². The van der Waals surface area contributed by atoms with Gasteiger partial charge in [-0.25, -0.2) is 8.78 Å². The predicted molar refractivity (Wildman–Crippen MR) is 84.2 cm³/mol. The standard InChI is InChI=1S/C16H15F2N3O2/c1-10(22)20-15-8-13(18)12(17)7-14(15)19-9-16(23)21-11-5-3-2-4-6-11/h2-8,19H,9H2,1H3,(H,20,22)(H,21,23). The summed E-state index contributed by atoms with van der Waals surface area (Å²) in [6, 6.07) is 10.5. The number of carbonyl (C=O) groups excluding carboxylic acids is 2. The molecule has 7 heteroatoms. The van der Waals surface area contributed by atoms with Crippen LogP contribution < -0.4 is 16.0 Å². The maximum atomic E-state index is 13.3. The highest BCUT2D eigenvalue weighted by Gasteiger charge is 2.12. The maximum Gasteiger partial charge on any atom is 0.243 e. The second-order valence-electron chi connectivity index (χ2n) is 4.76. The number of halogens is 2. The van der Waals surface area contributed by atoms with Gasteiger partial charge in [0.05, 0.1) is 17.9 Å². The van der Waals surface area contributed by atoms with E-state index in [9.17, 15) is 18.4 Å². The molecule has 0 fully saturated rings. The minimum Gasteiger partial charge on any atom is -0.374 e. The first kappa shape index (κ1) is 16.4. The molecule has 0 radical (unpaired) electrons. The Kier molecular flexibility index (Phi) is 5.24. The summed E-state index contributed by atoms with van der Waals surface area (Å²) in [5.41, 5.74) is 0.790. The lowest BCUT2D eigenvalue weighted by Crippen LogP contribution is -2.22. The number of carbonyl (C=O) groups is 2. The molecule has 2 rings (SSSR count). The Bertz CT molecular complexity index is 721. The number of nitrogens with one attached hydrogen (secondary N) is 3. The zero-order chi connectivity index (χ0) is 16.8. The normalized spacial score (nSPS) is 10.0. The highest BCUT2D eigenvalue weighted by Crippen LogP contribution is 2.25. The number of anilines is 3. The van der Waals surface area contributed by atoms with Crippen molar-refractivity contribution in [1.29, 1.82) is 0 Å². The summed E-state index contributed by atoms with van der Waals surface area (Å²) in [5.74, 6) is -2.97. The third-order valence-electron chi connectivity index (χ3n) is 2.87. The van der Waals surface area contributed by atoms with E-state index < -0.39 is 17.5 Å². The van der Waals surface area contributed by atoms with Crippen molar-refractivity contribution in [3.05, 3.63) is 54.1 Å². The van der Waals surface area contributed by atoms with Gasteiger partial charge in [0.25, 0.3) is 0 Å². The van der Waals surface area contributed by atoms with Gasteiger partial charge in [-0.05, 0) is 12.1 Å². The van der Waals surface area contributed by atoms with Crippen molar-refractivity contribution in [3.8, 4) is 0 Å². The van der Waals surface area contributed by atoms with Crippen LogP contribution in [-0.2, 0) is 9.59 Å². The van der Waals surface area contributed by atoms with Crippen molar-refractivity contribution in [2.45, 2.75) is 6.92 Å². The van der Waals surface area contributed by atoms with Crippen LogP contribution in [0.5, 0.6) is 0 Å². The Hall–Kier alpha value is -2.96. The molecule has 5 nitrogen and oxygen atoms in total. The van der Waals surface area contributed by atoms with E-state index in [0.717, 1.165) is 12.1 Å². The molecule has 0 saturated carbocycles.